The van der Waals surface area contributed by atoms with Gasteiger partial charge in [-0.2, -0.15) is 4.31 Å². The van der Waals surface area contributed by atoms with Crippen LogP contribution < -0.4 is 10.6 Å². The number of anilines is 1. The van der Waals surface area contributed by atoms with Crippen molar-refractivity contribution in [3.05, 3.63) is 24.3 Å². The normalized spacial score (nSPS) is 22.9. The molecule has 8 heteroatoms. The maximum absolute atomic E-state index is 12.8. The third kappa shape index (κ3) is 5.28. The average molecular weight is 395 g/mol. The van der Waals surface area contributed by atoms with E-state index in [0.717, 1.165) is 45.3 Å². The van der Waals surface area contributed by atoms with E-state index in [2.05, 4.69) is 22.5 Å². The molecule has 0 radical (unpaired) electrons. The van der Waals surface area contributed by atoms with Gasteiger partial charge in [0, 0.05) is 44.5 Å². The molecule has 0 saturated carbocycles. The SMILES string of the molecule is C[C@@H]1CNCCN1CC(=O)Nc1ccc(S(=O)(=O)N2CCCCCC2)cc1. The average Bonchev–Trinajstić information content (AvgIpc) is 2.94. The van der Waals surface area contributed by atoms with Crippen molar-refractivity contribution in [1.82, 2.24) is 14.5 Å². The largest absolute Gasteiger partial charge is 0.325 e. The van der Waals surface area contributed by atoms with Crippen LogP contribution >= 0.6 is 0 Å². The number of nitrogens with zero attached hydrogens (tertiary/aromatic N) is 2. The summed E-state index contributed by atoms with van der Waals surface area (Å²) < 4.78 is 27.2. The Kier molecular flexibility index (Phi) is 6.86. The number of nitrogens with one attached hydrogen (secondary N) is 2. The van der Waals surface area contributed by atoms with Crippen molar-refractivity contribution in [2.45, 2.75) is 43.5 Å². The van der Waals surface area contributed by atoms with Crippen molar-refractivity contribution in [3.63, 3.8) is 0 Å². The molecule has 3 rings (SSSR count). The molecule has 0 aliphatic carbocycles. The molecule has 2 N–H and O–H groups in total. The highest BCUT2D eigenvalue weighted by molar-refractivity contribution is 7.89. The van der Waals surface area contributed by atoms with Crippen LogP contribution in [0, 0.1) is 0 Å². The Hall–Kier alpha value is -1.48. The van der Waals surface area contributed by atoms with Gasteiger partial charge in [0.2, 0.25) is 15.9 Å². The number of piperazine rings is 1. The van der Waals surface area contributed by atoms with Crippen molar-refractivity contribution in [2.24, 2.45) is 0 Å². The lowest BCUT2D eigenvalue weighted by molar-refractivity contribution is -0.118. The minimum absolute atomic E-state index is 0.0770. The van der Waals surface area contributed by atoms with Crippen LogP contribution in [0.25, 0.3) is 0 Å². The second kappa shape index (κ2) is 9.14. The Morgan fingerprint density at radius 1 is 1.11 bits per heavy atom. The summed E-state index contributed by atoms with van der Waals surface area (Å²) in [6.07, 6.45) is 4.00. The van der Waals surface area contributed by atoms with Crippen molar-refractivity contribution in [1.29, 1.82) is 0 Å². The van der Waals surface area contributed by atoms with Crippen molar-refractivity contribution < 1.29 is 13.2 Å². The van der Waals surface area contributed by atoms with Gasteiger partial charge in [-0.05, 0) is 44.0 Å². The van der Waals surface area contributed by atoms with Crippen LogP contribution in [0.3, 0.4) is 0 Å². The number of carbonyl (C=O) groups is 1. The van der Waals surface area contributed by atoms with Gasteiger partial charge in [-0.25, -0.2) is 8.42 Å². The van der Waals surface area contributed by atoms with E-state index in [0.29, 0.717) is 31.4 Å². The number of sulfonamides is 1. The highest BCUT2D eigenvalue weighted by Gasteiger charge is 2.25. The van der Waals surface area contributed by atoms with Crippen LogP contribution in [0.4, 0.5) is 5.69 Å². The molecule has 2 fully saturated rings. The molecule has 0 unspecified atom stereocenters. The zero-order valence-corrected chi connectivity index (χ0v) is 16.8. The van der Waals surface area contributed by atoms with E-state index >= 15 is 0 Å². The summed E-state index contributed by atoms with van der Waals surface area (Å²) in [4.78, 5) is 14.7. The maximum atomic E-state index is 12.8. The van der Waals surface area contributed by atoms with E-state index in [9.17, 15) is 13.2 Å². The lowest BCUT2D eigenvalue weighted by Gasteiger charge is -2.33. The van der Waals surface area contributed by atoms with Gasteiger partial charge in [-0.15, -0.1) is 0 Å². The zero-order valence-electron chi connectivity index (χ0n) is 16.0. The van der Waals surface area contributed by atoms with E-state index in [4.69, 9.17) is 0 Å². The smallest absolute Gasteiger partial charge is 0.243 e. The molecule has 2 aliphatic rings. The van der Waals surface area contributed by atoms with Gasteiger partial charge in [0.25, 0.3) is 0 Å². The summed E-state index contributed by atoms with van der Waals surface area (Å²) in [5, 5.41) is 6.17. The summed E-state index contributed by atoms with van der Waals surface area (Å²) in [5.41, 5.74) is 0.623. The minimum atomic E-state index is -3.46. The third-order valence-corrected chi connectivity index (χ3v) is 7.24. The molecule has 1 aromatic rings. The van der Waals surface area contributed by atoms with E-state index in [1.54, 1.807) is 28.6 Å². The van der Waals surface area contributed by atoms with Crippen molar-refractivity contribution in [3.8, 4) is 0 Å². The second-order valence-corrected chi connectivity index (χ2v) is 9.35. The van der Waals surface area contributed by atoms with Crippen LogP contribution in [0.1, 0.15) is 32.6 Å². The quantitative estimate of drug-likeness (QED) is 0.791. The van der Waals surface area contributed by atoms with Gasteiger partial charge < -0.3 is 10.6 Å². The monoisotopic (exact) mass is 394 g/mol. The van der Waals surface area contributed by atoms with Crippen molar-refractivity contribution >= 4 is 21.6 Å². The fraction of sp³-hybridized carbons (Fsp3) is 0.632. The van der Waals surface area contributed by atoms with Gasteiger partial charge in [-0.3, -0.25) is 9.69 Å². The molecule has 0 bridgehead atoms. The van der Waals surface area contributed by atoms with Gasteiger partial charge >= 0.3 is 0 Å². The van der Waals surface area contributed by atoms with Crippen LogP contribution in [-0.2, 0) is 14.8 Å². The van der Waals surface area contributed by atoms with Crippen LogP contribution in [0.15, 0.2) is 29.2 Å². The molecule has 2 heterocycles. The number of hydrogen-bond donors (Lipinski definition) is 2. The fourth-order valence-electron chi connectivity index (χ4n) is 3.64. The number of carbonyl (C=O) groups excluding carboxylic acids is 1. The van der Waals surface area contributed by atoms with Gasteiger partial charge in [-0.1, -0.05) is 12.8 Å². The Labute approximate surface area is 162 Å². The molecule has 7 nitrogen and oxygen atoms in total. The topological polar surface area (TPSA) is 81.8 Å². The maximum Gasteiger partial charge on any atom is 0.243 e. The first-order valence-corrected chi connectivity index (χ1v) is 11.3. The Morgan fingerprint density at radius 2 is 1.78 bits per heavy atom. The zero-order chi connectivity index (χ0) is 19.3. The molecular weight excluding hydrogens is 364 g/mol. The van der Waals surface area contributed by atoms with E-state index in [1.165, 1.54) is 0 Å². The standard InChI is InChI=1S/C19H30N4O3S/c1-16-14-20-10-13-22(16)15-19(24)21-17-6-8-18(9-7-17)27(25,26)23-11-4-2-3-5-12-23/h6-9,16,20H,2-5,10-15H2,1H3,(H,21,24)/t16-/m1/s1. The van der Waals surface area contributed by atoms with E-state index in [-0.39, 0.29) is 10.8 Å². The molecule has 0 spiro atoms. The molecule has 2 saturated heterocycles. The van der Waals surface area contributed by atoms with Crippen LogP contribution in [-0.4, -0.2) is 68.8 Å². The minimum Gasteiger partial charge on any atom is -0.325 e. The molecule has 150 valence electrons. The first kappa shape index (κ1) is 20.3. The fourth-order valence-corrected chi connectivity index (χ4v) is 5.16. The van der Waals surface area contributed by atoms with E-state index < -0.39 is 10.0 Å². The molecule has 27 heavy (non-hydrogen) atoms. The number of benzene rings is 1. The van der Waals surface area contributed by atoms with Crippen LogP contribution in [0.5, 0.6) is 0 Å². The Bertz CT molecular complexity index is 728. The van der Waals surface area contributed by atoms with Gasteiger partial charge in [0.05, 0.1) is 11.4 Å². The first-order valence-electron chi connectivity index (χ1n) is 9.81. The molecule has 1 atom stereocenters. The number of hydrogen-bond acceptors (Lipinski definition) is 5. The lowest BCUT2D eigenvalue weighted by atomic mass is 10.2. The highest BCUT2D eigenvalue weighted by Crippen LogP contribution is 2.21. The third-order valence-electron chi connectivity index (χ3n) is 5.33. The van der Waals surface area contributed by atoms with E-state index in [1.807, 2.05) is 0 Å². The molecule has 1 aromatic carbocycles. The Morgan fingerprint density at radius 3 is 2.41 bits per heavy atom. The molecule has 0 aromatic heterocycles. The van der Waals surface area contributed by atoms with Crippen molar-refractivity contribution in [2.75, 3.05) is 44.6 Å². The summed E-state index contributed by atoms with van der Waals surface area (Å²) in [6.45, 7) is 6.24. The number of amides is 1. The predicted molar refractivity (Wildman–Crippen MR) is 106 cm³/mol. The summed E-state index contributed by atoms with van der Waals surface area (Å²) >= 11 is 0. The lowest BCUT2D eigenvalue weighted by Crippen LogP contribution is -2.51. The van der Waals surface area contributed by atoms with Gasteiger partial charge in [0.1, 0.15) is 0 Å². The van der Waals surface area contributed by atoms with Crippen LogP contribution in [0.2, 0.25) is 0 Å². The second-order valence-electron chi connectivity index (χ2n) is 7.41. The number of rotatable bonds is 5. The molecular formula is C19H30N4O3S. The summed E-state index contributed by atoms with van der Waals surface area (Å²) in [5.74, 6) is -0.0770. The summed E-state index contributed by atoms with van der Waals surface area (Å²) in [7, 11) is -3.46. The predicted octanol–water partition coefficient (Wildman–Crippen LogP) is 1.48. The Balaban J connectivity index is 1.60. The summed E-state index contributed by atoms with van der Waals surface area (Å²) in [6, 6.07) is 6.84. The first-order chi connectivity index (χ1) is 13.0. The highest BCUT2D eigenvalue weighted by atomic mass is 32.2. The molecule has 1 amide bonds. The molecule has 2 aliphatic heterocycles. The van der Waals surface area contributed by atoms with Gasteiger partial charge in [0.15, 0.2) is 0 Å².